The summed E-state index contributed by atoms with van der Waals surface area (Å²) in [7, 11) is 0. The second-order valence-electron chi connectivity index (χ2n) is 6.36. The van der Waals surface area contributed by atoms with Crippen LogP contribution in [0, 0.1) is 27.7 Å². The third-order valence-electron chi connectivity index (χ3n) is 4.16. The number of nitrogens with one attached hydrogen (secondary N) is 1. The molecule has 2 rings (SSSR count). The summed E-state index contributed by atoms with van der Waals surface area (Å²) in [4.78, 5) is 19.5. The monoisotopic (exact) mass is 401 g/mol. The predicted molar refractivity (Wildman–Crippen MR) is 96.7 cm³/mol. The number of halogens is 3. The van der Waals surface area contributed by atoms with E-state index in [1.807, 2.05) is 32.4 Å². The lowest BCUT2D eigenvalue weighted by Gasteiger charge is -2.15. The van der Waals surface area contributed by atoms with Crippen LogP contribution in [0.4, 0.5) is 13.2 Å². The van der Waals surface area contributed by atoms with Gasteiger partial charge in [-0.3, -0.25) is 9.48 Å². The van der Waals surface area contributed by atoms with Gasteiger partial charge in [-0.05, 0) is 46.2 Å². The largest absolute Gasteiger partial charge is 0.433 e. The highest BCUT2D eigenvalue weighted by molar-refractivity contribution is 7.99. The molecule has 0 bridgehead atoms. The van der Waals surface area contributed by atoms with E-state index in [2.05, 4.69) is 20.4 Å². The molecule has 2 aromatic heterocycles. The number of carbonyl (C=O) groups excluding carboxylic acids is 1. The van der Waals surface area contributed by atoms with E-state index < -0.39 is 11.9 Å². The Morgan fingerprint density at radius 2 is 1.93 bits per heavy atom. The van der Waals surface area contributed by atoms with Crippen LogP contribution in [0.3, 0.4) is 0 Å². The summed E-state index contributed by atoms with van der Waals surface area (Å²) in [6.45, 7) is 9.65. The van der Waals surface area contributed by atoms with Crippen molar-refractivity contribution >= 4 is 17.7 Å². The number of alkyl halides is 3. The molecule has 148 valence electrons. The lowest BCUT2D eigenvalue weighted by atomic mass is 10.2. The molecule has 2 aromatic rings. The summed E-state index contributed by atoms with van der Waals surface area (Å²) in [5.41, 5.74) is 2.29. The standard InChI is InChI=1S/C17H22F3N5OS/c1-9-6-14(17(18,19)20)23-16(22-9)27-8-15(26)21-7-10(2)25-13(5)11(3)12(4)24-25/h6,10H,7-8H2,1-5H3,(H,21,26)/t10-/m0/s1. The van der Waals surface area contributed by atoms with Crippen LogP contribution < -0.4 is 5.32 Å². The Kier molecular flexibility index (Phi) is 6.50. The van der Waals surface area contributed by atoms with E-state index in [9.17, 15) is 18.0 Å². The molecule has 0 aliphatic heterocycles. The Morgan fingerprint density at radius 3 is 2.48 bits per heavy atom. The van der Waals surface area contributed by atoms with Crippen molar-refractivity contribution in [3.8, 4) is 0 Å². The first-order valence-corrected chi connectivity index (χ1v) is 9.32. The highest BCUT2D eigenvalue weighted by atomic mass is 32.2. The van der Waals surface area contributed by atoms with E-state index in [1.165, 1.54) is 6.92 Å². The van der Waals surface area contributed by atoms with Crippen molar-refractivity contribution in [1.82, 2.24) is 25.1 Å². The van der Waals surface area contributed by atoms with Crippen molar-refractivity contribution in [3.05, 3.63) is 34.4 Å². The molecule has 0 fully saturated rings. The SMILES string of the molecule is Cc1cc(C(F)(F)F)nc(SCC(=O)NC[C@H](C)n2nc(C)c(C)c2C)n1. The fraction of sp³-hybridized carbons (Fsp3) is 0.529. The second kappa shape index (κ2) is 8.28. The van der Waals surface area contributed by atoms with Crippen LogP contribution in [0.2, 0.25) is 0 Å². The second-order valence-corrected chi connectivity index (χ2v) is 7.30. The fourth-order valence-electron chi connectivity index (χ4n) is 2.45. The summed E-state index contributed by atoms with van der Waals surface area (Å²) in [6, 6.07) is 0.834. The van der Waals surface area contributed by atoms with Crippen LogP contribution >= 0.6 is 11.8 Å². The smallest absolute Gasteiger partial charge is 0.353 e. The molecule has 0 unspecified atom stereocenters. The molecule has 0 aromatic carbocycles. The summed E-state index contributed by atoms with van der Waals surface area (Å²) in [5, 5.41) is 7.16. The van der Waals surface area contributed by atoms with Gasteiger partial charge in [0.15, 0.2) is 5.16 Å². The predicted octanol–water partition coefficient (Wildman–Crippen LogP) is 3.40. The number of amides is 1. The van der Waals surface area contributed by atoms with Gasteiger partial charge in [0.25, 0.3) is 0 Å². The van der Waals surface area contributed by atoms with Crippen LogP contribution in [-0.2, 0) is 11.0 Å². The minimum Gasteiger partial charge on any atom is -0.353 e. The average Bonchev–Trinajstić information content (AvgIpc) is 2.84. The number of hydrogen-bond donors (Lipinski definition) is 1. The van der Waals surface area contributed by atoms with Crippen molar-refractivity contribution in [3.63, 3.8) is 0 Å². The number of aryl methyl sites for hydroxylation is 2. The molecule has 6 nitrogen and oxygen atoms in total. The first-order valence-electron chi connectivity index (χ1n) is 8.33. The maximum absolute atomic E-state index is 12.8. The molecule has 1 atom stereocenters. The summed E-state index contributed by atoms with van der Waals surface area (Å²) >= 11 is 0.873. The van der Waals surface area contributed by atoms with Crippen LogP contribution in [-0.4, -0.2) is 38.0 Å². The van der Waals surface area contributed by atoms with Gasteiger partial charge < -0.3 is 5.32 Å². The maximum atomic E-state index is 12.8. The Morgan fingerprint density at radius 1 is 1.26 bits per heavy atom. The lowest BCUT2D eigenvalue weighted by Crippen LogP contribution is -2.31. The normalized spacial score (nSPS) is 12.9. The average molecular weight is 401 g/mol. The third-order valence-corrected chi connectivity index (χ3v) is 5.00. The zero-order valence-corrected chi connectivity index (χ0v) is 16.6. The summed E-state index contributed by atoms with van der Waals surface area (Å²) in [5.74, 6) is -0.368. The van der Waals surface area contributed by atoms with Gasteiger partial charge in [-0.15, -0.1) is 0 Å². The van der Waals surface area contributed by atoms with Gasteiger partial charge in [-0.1, -0.05) is 11.8 Å². The Hall–Kier alpha value is -2.10. The number of aromatic nitrogens is 4. The first kappa shape index (κ1) is 21.2. The Labute approximate surface area is 160 Å². The van der Waals surface area contributed by atoms with E-state index in [1.54, 1.807) is 0 Å². The molecule has 0 aliphatic rings. The molecule has 27 heavy (non-hydrogen) atoms. The molecule has 1 N–H and O–H groups in total. The number of carbonyl (C=O) groups is 1. The van der Waals surface area contributed by atoms with Crippen molar-refractivity contribution < 1.29 is 18.0 Å². The van der Waals surface area contributed by atoms with Gasteiger partial charge in [0.1, 0.15) is 5.69 Å². The highest BCUT2D eigenvalue weighted by Gasteiger charge is 2.33. The first-order chi connectivity index (χ1) is 12.5. The van der Waals surface area contributed by atoms with Crippen LogP contribution in [0.25, 0.3) is 0 Å². The summed E-state index contributed by atoms with van der Waals surface area (Å²) < 4.78 is 40.2. The topological polar surface area (TPSA) is 72.7 Å². The molecule has 0 spiro atoms. The Bertz CT molecular complexity index is 835. The van der Waals surface area contributed by atoms with Crippen molar-refractivity contribution in [2.24, 2.45) is 0 Å². The van der Waals surface area contributed by atoms with Crippen LogP contribution in [0.1, 0.15) is 41.3 Å². The molecule has 1 amide bonds. The quantitative estimate of drug-likeness (QED) is 0.593. The number of thioether (sulfide) groups is 1. The van der Waals surface area contributed by atoms with E-state index in [4.69, 9.17) is 0 Å². The van der Waals surface area contributed by atoms with Crippen LogP contribution in [0.15, 0.2) is 11.2 Å². The van der Waals surface area contributed by atoms with Gasteiger partial charge in [-0.2, -0.15) is 18.3 Å². The number of nitrogens with zero attached hydrogens (tertiary/aromatic N) is 4. The van der Waals surface area contributed by atoms with Gasteiger partial charge in [0, 0.05) is 17.9 Å². The number of rotatable bonds is 6. The minimum absolute atomic E-state index is 0.0431. The number of hydrogen-bond acceptors (Lipinski definition) is 5. The molecular weight excluding hydrogens is 379 g/mol. The highest BCUT2D eigenvalue weighted by Crippen LogP contribution is 2.29. The molecule has 2 heterocycles. The maximum Gasteiger partial charge on any atom is 0.433 e. The Balaban J connectivity index is 1.91. The molecular formula is C17H22F3N5OS. The lowest BCUT2D eigenvalue weighted by molar-refractivity contribution is -0.141. The van der Waals surface area contributed by atoms with Crippen molar-refractivity contribution in [2.75, 3.05) is 12.3 Å². The van der Waals surface area contributed by atoms with Crippen molar-refractivity contribution in [1.29, 1.82) is 0 Å². The van der Waals surface area contributed by atoms with E-state index in [0.717, 1.165) is 34.8 Å². The van der Waals surface area contributed by atoms with Crippen molar-refractivity contribution in [2.45, 2.75) is 52.0 Å². The van der Waals surface area contributed by atoms with Gasteiger partial charge in [0.05, 0.1) is 17.5 Å². The minimum atomic E-state index is -4.54. The van der Waals surface area contributed by atoms with Gasteiger partial charge in [0.2, 0.25) is 5.91 Å². The van der Waals surface area contributed by atoms with Gasteiger partial charge >= 0.3 is 6.18 Å². The van der Waals surface area contributed by atoms with Crippen LogP contribution in [0.5, 0.6) is 0 Å². The molecule has 0 aliphatic carbocycles. The molecule has 0 saturated carbocycles. The molecule has 10 heteroatoms. The molecule has 0 saturated heterocycles. The van der Waals surface area contributed by atoms with E-state index >= 15 is 0 Å². The molecule has 0 radical (unpaired) electrons. The van der Waals surface area contributed by atoms with E-state index in [-0.39, 0.29) is 28.6 Å². The fourth-order valence-corrected chi connectivity index (χ4v) is 3.19. The van der Waals surface area contributed by atoms with E-state index in [0.29, 0.717) is 6.54 Å². The summed E-state index contributed by atoms with van der Waals surface area (Å²) in [6.07, 6.45) is -4.54. The zero-order valence-electron chi connectivity index (χ0n) is 15.8. The van der Waals surface area contributed by atoms with Gasteiger partial charge in [-0.25, -0.2) is 9.97 Å². The third kappa shape index (κ3) is 5.44. The zero-order chi connectivity index (χ0) is 20.4.